The van der Waals surface area contributed by atoms with Gasteiger partial charge in [-0.1, -0.05) is 12.1 Å². The standard InChI is InChI=1S/C16H25N3O4S.HI/c1-17-16(19-14-7-10-24(20,21)12-14)18-11-13-3-5-15(6-4-13)23-9-8-22-2;/h3-6,14H,7-12H2,1-2H3,(H2,17,18,19);1H. The van der Waals surface area contributed by atoms with E-state index in [0.717, 1.165) is 11.3 Å². The molecule has 1 heterocycles. The Morgan fingerprint density at radius 3 is 2.56 bits per heavy atom. The summed E-state index contributed by atoms with van der Waals surface area (Å²) in [5.41, 5.74) is 1.08. The lowest BCUT2D eigenvalue weighted by atomic mass is 10.2. The van der Waals surface area contributed by atoms with Crippen molar-refractivity contribution in [1.82, 2.24) is 10.6 Å². The van der Waals surface area contributed by atoms with E-state index >= 15 is 0 Å². The molecule has 0 aliphatic carbocycles. The molecule has 0 spiro atoms. The lowest BCUT2D eigenvalue weighted by Crippen LogP contribution is -2.43. The number of methoxy groups -OCH3 is 1. The van der Waals surface area contributed by atoms with Crippen LogP contribution in [0.25, 0.3) is 0 Å². The van der Waals surface area contributed by atoms with Gasteiger partial charge in [0.15, 0.2) is 15.8 Å². The molecule has 1 fully saturated rings. The van der Waals surface area contributed by atoms with Crippen molar-refractivity contribution >= 4 is 39.8 Å². The van der Waals surface area contributed by atoms with Crippen molar-refractivity contribution in [3.63, 3.8) is 0 Å². The summed E-state index contributed by atoms with van der Waals surface area (Å²) >= 11 is 0. The highest BCUT2D eigenvalue weighted by Crippen LogP contribution is 2.13. The summed E-state index contributed by atoms with van der Waals surface area (Å²) in [5, 5.41) is 6.35. The minimum absolute atomic E-state index is 0. The van der Waals surface area contributed by atoms with E-state index in [4.69, 9.17) is 9.47 Å². The maximum Gasteiger partial charge on any atom is 0.191 e. The maximum atomic E-state index is 11.5. The van der Waals surface area contributed by atoms with Crippen LogP contribution in [0.3, 0.4) is 0 Å². The predicted octanol–water partition coefficient (Wildman–Crippen LogP) is 1.18. The molecule has 7 nitrogen and oxygen atoms in total. The summed E-state index contributed by atoms with van der Waals surface area (Å²) in [6, 6.07) is 7.70. The monoisotopic (exact) mass is 483 g/mol. The van der Waals surface area contributed by atoms with Gasteiger partial charge in [0.05, 0.1) is 18.1 Å². The normalized spacial score (nSPS) is 19.1. The van der Waals surface area contributed by atoms with E-state index < -0.39 is 9.84 Å². The third-order valence-corrected chi connectivity index (χ3v) is 5.50. The number of guanidine groups is 1. The average molecular weight is 483 g/mol. The summed E-state index contributed by atoms with van der Waals surface area (Å²) in [6.07, 6.45) is 0.622. The fourth-order valence-electron chi connectivity index (χ4n) is 2.43. The fourth-order valence-corrected chi connectivity index (χ4v) is 4.10. The van der Waals surface area contributed by atoms with Gasteiger partial charge in [-0.3, -0.25) is 4.99 Å². The SMILES string of the molecule is CN=C(NCc1ccc(OCCOC)cc1)NC1CCS(=O)(=O)C1.I. The molecule has 1 aliphatic rings. The highest BCUT2D eigenvalue weighted by Gasteiger charge is 2.28. The van der Waals surface area contributed by atoms with E-state index in [9.17, 15) is 8.42 Å². The lowest BCUT2D eigenvalue weighted by Gasteiger charge is -2.16. The Balaban J connectivity index is 0.00000312. The second-order valence-electron chi connectivity index (χ2n) is 5.66. The van der Waals surface area contributed by atoms with Crippen LogP contribution in [0.1, 0.15) is 12.0 Å². The van der Waals surface area contributed by atoms with Crippen LogP contribution in [0, 0.1) is 0 Å². The van der Waals surface area contributed by atoms with Crippen LogP contribution in [-0.2, 0) is 21.1 Å². The number of hydrogen-bond acceptors (Lipinski definition) is 5. The third-order valence-electron chi connectivity index (χ3n) is 3.74. The second kappa shape index (κ2) is 10.8. The molecule has 2 rings (SSSR count). The van der Waals surface area contributed by atoms with Crippen LogP contribution in [0.15, 0.2) is 29.3 Å². The van der Waals surface area contributed by atoms with E-state index in [-0.39, 0.29) is 41.5 Å². The number of nitrogens with zero attached hydrogens (tertiary/aromatic N) is 1. The van der Waals surface area contributed by atoms with Gasteiger partial charge in [0.25, 0.3) is 0 Å². The third kappa shape index (κ3) is 7.78. The largest absolute Gasteiger partial charge is 0.491 e. The minimum Gasteiger partial charge on any atom is -0.491 e. The molecule has 0 bridgehead atoms. The van der Waals surface area contributed by atoms with E-state index in [2.05, 4.69) is 15.6 Å². The number of benzene rings is 1. The molecule has 0 amide bonds. The van der Waals surface area contributed by atoms with Gasteiger partial charge in [-0.15, -0.1) is 24.0 Å². The summed E-state index contributed by atoms with van der Waals surface area (Å²) in [4.78, 5) is 4.14. The number of sulfone groups is 1. The van der Waals surface area contributed by atoms with Gasteiger partial charge in [0.2, 0.25) is 0 Å². The zero-order valence-corrected chi connectivity index (χ0v) is 17.7. The van der Waals surface area contributed by atoms with Crippen molar-refractivity contribution in [3.8, 4) is 5.75 Å². The number of rotatable bonds is 7. The van der Waals surface area contributed by atoms with E-state index in [1.54, 1.807) is 14.2 Å². The lowest BCUT2D eigenvalue weighted by molar-refractivity contribution is 0.146. The molecule has 2 N–H and O–H groups in total. The van der Waals surface area contributed by atoms with E-state index in [1.807, 2.05) is 24.3 Å². The minimum atomic E-state index is -2.90. The van der Waals surface area contributed by atoms with Crippen LogP contribution >= 0.6 is 24.0 Å². The molecule has 1 unspecified atom stereocenters. The topological polar surface area (TPSA) is 89.0 Å². The second-order valence-corrected chi connectivity index (χ2v) is 7.88. The highest BCUT2D eigenvalue weighted by molar-refractivity contribution is 14.0. The first-order chi connectivity index (χ1) is 11.5. The van der Waals surface area contributed by atoms with E-state index in [0.29, 0.717) is 32.1 Å². The Morgan fingerprint density at radius 1 is 1.28 bits per heavy atom. The van der Waals surface area contributed by atoms with Crippen LogP contribution in [0.2, 0.25) is 0 Å². The van der Waals surface area contributed by atoms with E-state index in [1.165, 1.54) is 0 Å². The molecule has 1 saturated heterocycles. The van der Waals surface area contributed by atoms with Crippen LogP contribution < -0.4 is 15.4 Å². The summed E-state index contributed by atoms with van der Waals surface area (Å²) in [6.45, 7) is 1.68. The van der Waals surface area contributed by atoms with Gasteiger partial charge < -0.3 is 20.1 Å². The number of ether oxygens (including phenoxy) is 2. The molecule has 0 radical (unpaired) electrons. The first-order valence-electron chi connectivity index (χ1n) is 7.90. The van der Waals surface area contributed by atoms with Gasteiger partial charge in [-0.05, 0) is 24.1 Å². The van der Waals surface area contributed by atoms with Crippen LogP contribution in [0.5, 0.6) is 5.75 Å². The van der Waals surface area contributed by atoms with Gasteiger partial charge in [0.1, 0.15) is 12.4 Å². The Bertz CT molecular complexity index is 650. The number of halogens is 1. The van der Waals surface area contributed by atoms with Crippen molar-refractivity contribution in [1.29, 1.82) is 0 Å². The van der Waals surface area contributed by atoms with Crippen LogP contribution in [-0.4, -0.2) is 59.3 Å². The fraction of sp³-hybridized carbons (Fsp3) is 0.562. The Labute approximate surface area is 166 Å². The maximum absolute atomic E-state index is 11.5. The van der Waals surface area contributed by atoms with Crippen molar-refractivity contribution < 1.29 is 17.9 Å². The van der Waals surface area contributed by atoms with Crippen molar-refractivity contribution in [2.75, 3.05) is 38.9 Å². The molecule has 0 saturated carbocycles. The van der Waals surface area contributed by atoms with Crippen molar-refractivity contribution in [2.24, 2.45) is 4.99 Å². The van der Waals surface area contributed by atoms with Gasteiger partial charge in [0, 0.05) is 26.7 Å². The highest BCUT2D eigenvalue weighted by atomic mass is 127. The first kappa shape index (κ1) is 22.0. The van der Waals surface area contributed by atoms with Crippen molar-refractivity contribution in [2.45, 2.75) is 19.0 Å². The Morgan fingerprint density at radius 2 is 2.00 bits per heavy atom. The number of aliphatic imine (C=N–C) groups is 1. The zero-order chi connectivity index (χ0) is 17.4. The predicted molar refractivity (Wildman–Crippen MR) is 110 cm³/mol. The molecule has 1 aliphatic heterocycles. The Kier molecular flexibility index (Phi) is 9.51. The number of hydrogen-bond donors (Lipinski definition) is 2. The summed E-state index contributed by atoms with van der Waals surface area (Å²) in [7, 11) is 0.412. The molecular weight excluding hydrogens is 457 g/mol. The molecule has 1 aromatic carbocycles. The first-order valence-corrected chi connectivity index (χ1v) is 9.73. The van der Waals surface area contributed by atoms with Crippen LogP contribution in [0.4, 0.5) is 0 Å². The van der Waals surface area contributed by atoms with Gasteiger partial charge in [-0.2, -0.15) is 0 Å². The van der Waals surface area contributed by atoms with Gasteiger partial charge in [-0.25, -0.2) is 8.42 Å². The zero-order valence-electron chi connectivity index (χ0n) is 14.5. The molecule has 9 heteroatoms. The molecule has 0 aromatic heterocycles. The number of nitrogens with one attached hydrogen (secondary N) is 2. The summed E-state index contributed by atoms with van der Waals surface area (Å²) < 4.78 is 33.4. The summed E-state index contributed by atoms with van der Waals surface area (Å²) in [5.74, 6) is 1.82. The molecule has 142 valence electrons. The average Bonchev–Trinajstić information content (AvgIpc) is 2.91. The van der Waals surface area contributed by atoms with Crippen molar-refractivity contribution in [3.05, 3.63) is 29.8 Å². The molecule has 25 heavy (non-hydrogen) atoms. The smallest absolute Gasteiger partial charge is 0.191 e. The molecular formula is C16H26IN3O4S. The quantitative estimate of drug-likeness (QED) is 0.262. The Hall–Kier alpha value is -1.07. The molecule has 1 aromatic rings. The molecule has 1 atom stereocenters. The van der Waals surface area contributed by atoms with Gasteiger partial charge >= 0.3 is 0 Å².